The first kappa shape index (κ1) is 9.95. The summed E-state index contributed by atoms with van der Waals surface area (Å²) in [6, 6.07) is 0. The summed E-state index contributed by atoms with van der Waals surface area (Å²) < 4.78 is 2.59. The maximum absolute atomic E-state index is 6.52. The van der Waals surface area contributed by atoms with Crippen LogP contribution >= 0.6 is 17.2 Å². The second-order valence-corrected chi connectivity index (χ2v) is 22.8. The van der Waals surface area contributed by atoms with E-state index >= 15 is 0 Å². The summed E-state index contributed by atoms with van der Waals surface area (Å²) in [7, 11) is 13.0. The molecule has 2 aliphatic carbocycles. The van der Waals surface area contributed by atoms with E-state index in [9.17, 15) is 0 Å². The summed E-state index contributed by atoms with van der Waals surface area (Å²) >= 11 is -3.19. The van der Waals surface area contributed by atoms with Gasteiger partial charge in [-0.05, 0) is 0 Å². The van der Waals surface area contributed by atoms with Crippen molar-refractivity contribution in [2.24, 2.45) is 0 Å². The van der Waals surface area contributed by atoms with Gasteiger partial charge in [-0.2, -0.15) is 0 Å². The normalized spacial score (nSPS) is 20.8. The van der Waals surface area contributed by atoms with Crippen molar-refractivity contribution in [2.45, 2.75) is 12.8 Å². The van der Waals surface area contributed by atoms with Gasteiger partial charge in [0, 0.05) is 0 Å². The van der Waals surface area contributed by atoms with Crippen molar-refractivity contribution < 1.29 is 17.6 Å². The fourth-order valence-corrected chi connectivity index (χ4v) is 12.5. The second-order valence-electron chi connectivity index (χ2n) is 3.22. The molecule has 3 heteroatoms. The Morgan fingerprint density at radius 1 is 0.923 bits per heavy atom. The van der Waals surface area contributed by atoms with Gasteiger partial charge in [0.1, 0.15) is 0 Å². The van der Waals surface area contributed by atoms with E-state index in [1.54, 1.807) is 0 Å². The minimum absolute atomic E-state index is 0.964. The Morgan fingerprint density at radius 3 is 1.69 bits per heavy atom. The second kappa shape index (κ2) is 3.88. The Bertz CT molecular complexity index is 303. The Labute approximate surface area is 90.1 Å². The van der Waals surface area contributed by atoms with Gasteiger partial charge in [-0.1, -0.05) is 0 Å². The predicted molar refractivity (Wildman–Crippen MR) is 55.4 cm³/mol. The monoisotopic (exact) mass is 380 g/mol. The van der Waals surface area contributed by atoms with Gasteiger partial charge in [0.25, 0.3) is 0 Å². The van der Waals surface area contributed by atoms with Crippen molar-refractivity contribution in [3.8, 4) is 0 Å². The van der Waals surface area contributed by atoms with E-state index in [1.165, 1.54) is 6.66 Å². The molecule has 13 heavy (non-hydrogen) atoms. The van der Waals surface area contributed by atoms with E-state index in [4.69, 9.17) is 17.2 Å². The number of hydrogen-bond acceptors (Lipinski definition) is 0. The topological polar surface area (TPSA) is 0 Å². The molecule has 0 aromatic heterocycles. The molecule has 0 N–H and O–H groups in total. The molecule has 0 heterocycles. The van der Waals surface area contributed by atoms with Crippen molar-refractivity contribution in [1.82, 2.24) is 0 Å². The molecule has 0 radical (unpaired) electrons. The quantitative estimate of drug-likeness (QED) is 0.633. The average Bonchev–Trinajstić information content (AvgIpc) is 2.78. The van der Waals surface area contributed by atoms with Crippen LogP contribution in [0.15, 0.2) is 43.1 Å². The third kappa shape index (κ3) is 1.93. The first-order valence-corrected chi connectivity index (χ1v) is 16.8. The predicted octanol–water partition coefficient (Wildman–Crippen LogP) is 4.14. The third-order valence-corrected chi connectivity index (χ3v) is 18.8. The van der Waals surface area contributed by atoms with E-state index in [0.29, 0.717) is 0 Å². The molecule has 0 atom stereocenters. The van der Waals surface area contributed by atoms with Crippen LogP contribution in [-0.2, 0) is 17.6 Å². The van der Waals surface area contributed by atoms with Crippen LogP contribution in [0.25, 0.3) is 0 Å². The van der Waals surface area contributed by atoms with Gasteiger partial charge in [-0.15, -0.1) is 0 Å². The molecule has 0 fully saturated rings. The van der Waals surface area contributed by atoms with Crippen LogP contribution in [0.5, 0.6) is 0 Å². The summed E-state index contributed by atoms with van der Waals surface area (Å²) in [5.74, 6) is 0. The summed E-state index contributed by atoms with van der Waals surface area (Å²) in [6.45, 7) is 0. The zero-order valence-electron chi connectivity index (χ0n) is 7.13. The van der Waals surface area contributed by atoms with E-state index in [0.717, 1.165) is 12.8 Å². The minimum atomic E-state index is -3.19. The third-order valence-electron chi connectivity index (χ3n) is 2.35. The Kier molecular flexibility index (Phi) is 2.97. The van der Waals surface area contributed by atoms with Crippen LogP contribution in [0.1, 0.15) is 12.8 Å². The fraction of sp³-hybridized carbons (Fsp3) is 0.200. The molecule has 2 rings (SSSR count). The van der Waals surface area contributed by atoms with Gasteiger partial charge < -0.3 is 0 Å². The number of hydrogen-bond donors (Lipinski definition) is 0. The Morgan fingerprint density at radius 2 is 1.38 bits per heavy atom. The molecule has 0 aliphatic heterocycles. The first-order valence-electron chi connectivity index (χ1n) is 4.31. The van der Waals surface area contributed by atoms with Gasteiger partial charge >= 0.3 is 90.7 Å². The molecule has 0 saturated carbocycles. The molecule has 0 saturated heterocycles. The molecule has 0 aromatic rings. The average molecular weight is 380 g/mol. The van der Waals surface area contributed by atoms with Crippen LogP contribution in [-0.4, -0.2) is 0 Å². The zero-order chi connectivity index (χ0) is 9.31. The molecular weight excluding hydrogens is 370 g/mol. The van der Waals surface area contributed by atoms with E-state index < -0.39 is 17.6 Å². The molecular formula is C10H10Cl2Hf. The molecule has 0 aromatic carbocycles. The Balaban J connectivity index is 2.20. The molecule has 0 spiro atoms. The van der Waals surface area contributed by atoms with E-state index in [2.05, 4.69) is 36.5 Å². The molecule has 2 aliphatic rings. The maximum atomic E-state index is 6.52. The Hall–Kier alpha value is 0.410. The van der Waals surface area contributed by atoms with Crippen LogP contribution in [0.3, 0.4) is 0 Å². The van der Waals surface area contributed by atoms with Gasteiger partial charge in [0.05, 0.1) is 0 Å². The van der Waals surface area contributed by atoms with E-state index in [1.807, 2.05) is 0 Å². The number of rotatable bonds is 2. The molecule has 0 amide bonds. The van der Waals surface area contributed by atoms with Gasteiger partial charge in [-0.25, -0.2) is 0 Å². The molecule has 0 nitrogen and oxygen atoms in total. The summed E-state index contributed by atoms with van der Waals surface area (Å²) in [5.41, 5.74) is 0. The SMILES string of the molecule is [Cl][Hf]([Cl])([C]1=CC=CC1)[C]1=CC=CC1. The zero-order valence-corrected chi connectivity index (χ0v) is 12.2. The van der Waals surface area contributed by atoms with Crippen LogP contribution in [0, 0.1) is 0 Å². The van der Waals surface area contributed by atoms with Crippen molar-refractivity contribution in [3.05, 3.63) is 43.1 Å². The molecule has 68 valence electrons. The van der Waals surface area contributed by atoms with Gasteiger partial charge in [0.15, 0.2) is 0 Å². The van der Waals surface area contributed by atoms with Crippen molar-refractivity contribution in [1.29, 1.82) is 0 Å². The van der Waals surface area contributed by atoms with Crippen LogP contribution in [0.2, 0.25) is 0 Å². The summed E-state index contributed by atoms with van der Waals surface area (Å²) in [6.07, 6.45) is 14.5. The first-order chi connectivity index (χ1) is 6.21. The molecule has 0 bridgehead atoms. The van der Waals surface area contributed by atoms with Crippen LogP contribution in [0.4, 0.5) is 0 Å². The number of allylic oxidation sites excluding steroid dienone is 8. The fourth-order valence-electron chi connectivity index (χ4n) is 1.57. The van der Waals surface area contributed by atoms with Gasteiger partial charge in [0.2, 0.25) is 0 Å². The van der Waals surface area contributed by atoms with Gasteiger partial charge in [-0.3, -0.25) is 0 Å². The van der Waals surface area contributed by atoms with Crippen molar-refractivity contribution >= 4 is 17.2 Å². The van der Waals surface area contributed by atoms with Crippen molar-refractivity contribution in [3.63, 3.8) is 0 Å². The van der Waals surface area contributed by atoms with Crippen LogP contribution < -0.4 is 0 Å². The number of halogens is 2. The summed E-state index contributed by atoms with van der Waals surface area (Å²) in [5, 5.41) is 0. The van der Waals surface area contributed by atoms with Crippen molar-refractivity contribution in [2.75, 3.05) is 0 Å². The standard InChI is InChI=1S/2C5H5.2ClH.Hf/c2*1-2-4-5-3-1;;;/h2*1-3H,4H2;2*1H;/q;;;;+2/p-2. The molecule has 0 unspecified atom stereocenters. The summed E-state index contributed by atoms with van der Waals surface area (Å²) in [4.78, 5) is 0. The van der Waals surface area contributed by atoms with E-state index in [-0.39, 0.29) is 0 Å².